The summed E-state index contributed by atoms with van der Waals surface area (Å²) in [6.07, 6.45) is 0.581. The SMILES string of the molecule is COc1cccc(/C=C2\SC(=Nc3ccccc3)N(C)C2=O)c1O[C@H](C)C(=O)O. The summed E-state index contributed by atoms with van der Waals surface area (Å²) >= 11 is 1.24. The molecule has 1 saturated heterocycles. The number of ether oxygens (including phenoxy) is 2. The van der Waals surface area contributed by atoms with Crippen LogP contribution in [-0.2, 0) is 9.59 Å². The van der Waals surface area contributed by atoms with Crippen LogP contribution in [0.25, 0.3) is 6.08 Å². The van der Waals surface area contributed by atoms with Crippen molar-refractivity contribution in [2.75, 3.05) is 14.2 Å². The monoisotopic (exact) mass is 412 g/mol. The van der Waals surface area contributed by atoms with Gasteiger partial charge in [-0.3, -0.25) is 9.69 Å². The molecule has 0 bridgehead atoms. The Balaban J connectivity index is 1.96. The number of amidine groups is 1. The van der Waals surface area contributed by atoms with Gasteiger partial charge < -0.3 is 14.6 Å². The Morgan fingerprint density at radius 3 is 2.59 bits per heavy atom. The third-order valence-corrected chi connectivity index (χ3v) is 5.20. The molecule has 3 rings (SSSR count). The molecule has 0 aromatic heterocycles. The highest BCUT2D eigenvalue weighted by atomic mass is 32.2. The first-order chi connectivity index (χ1) is 13.9. The van der Waals surface area contributed by atoms with E-state index in [4.69, 9.17) is 9.47 Å². The van der Waals surface area contributed by atoms with Crippen LogP contribution in [-0.4, -0.2) is 47.3 Å². The van der Waals surface area contributed by atoms with Crippen LogP contribution < -0.4 is 9.47 Å². The summed E-state index contributed by atoms with van der Waals surface area (Å²) in [6, 6.07) is 14.5. The highest BCUT2D eigenvalue weighted by molar-refractivity contribution is 8.18. The lowest BCUT2D eigenvalue weighted by Crippen LogP contribution is -2.24. The highest BCUT2D eigenvalue weighted by Gasteiger charge is 2.31. The van der Waals surface area contributed by atoms with Crippen molar-refractivity contribution in [3.05, 3.63) is 59.0 Å². The van der Waals surface area contributed by atoms with E-state index in [2.05, 4.69) is 4.99 Å². The van der Waals surface area contributed by atoms with Crippen LogP contribution in [0.5, 0.6) is 11.5 Å². The van der Waals surface area contributed by atoms with Crippen molar-refractivity contribution < 1.29 is 24.2 Å². The third-order valence-electron chi connectivity index (χ3n) is 4.14. The Hall–Kier alpha value is -3.26. The normalized spacial score (nSPS) is 17.6. The van der Waals surface area contributed by atoms with E-state index in [0.717, 1.165) is 5.69 Å². The average molecular weight is 412 g/mol. The molecule has 0 unspecified atom stereocenters. The second-order valence-electron chi connectivity index (χ2n) is 6.18. The van der Waals surface area contributed by atoms with Crippen LogP contribution >= 0.6 is 11.8 Å². The molecule has 0 saturated carbocycles. The molecule has 1 heterocycles. The summed E-state index contributed by atoms with van der Waals surface area (Å²) in [5.74, 6) is -0.654. The summed E-state index contributed by atoms with van der Waals surface area (Å²) in [6.45, 7) is 1.43. The van der Waals surface area contributed by atoms with Gasteiger partial charge >= 0.3 is 5.97 Å². The van der Waals surface area contributed by atoms with E-state index >= 15 is 0 Å². The Morgan fingerprint density at radius 2 is 1.93 bits per heavy atom. The van der Waals surface area contributed by atoms with Gasteiger partial charge in [-0.1, -0.05) is 30.3 Å². The number of carboxylic acids is 1. The molecule has 0 aliphatic carbocycles. The fourth-order valence-corrected chi connectivity index (χ4v) is 3.54. The first-order valence-electron chi connectivity index (χ1n) is 8.78. The number of para-hydroxylation sites is 2. The lowest BCUT2D eigenvalue weighted by molar-refractivity contribution is -0.144. The summed E-state index contributed by atoms with van der Waals surface area (Å²) in [7, 11) is 3.13. The van der Waals surface area contributed by atoms with E-state index < -0.39 is 12.1 Å². The molecule has 0 radical (unpaired) electrons. The number of carboxylic acid groups (broad SMARTS) is 1. The zero-order valence-corrected chi connectivity index (χ0v) is 17.0. The second kappa shape index (κ2) is 8.83. The summed E-state index contributed by atoms with van der Waals surface area (Å²) in [5.41, 5.74) is 1.29. The molecule has 1 atom stereocenters. The maximum absolute atomic E-state index is 12.7. The van der Waals surface area contributed by atoms with Crippen molar-refractivity contribution in [2.45, 2.75) is 13.0 Å². The van der Waals surface area contributed by atoms with E-state index in [9.17, 15) is 14.7 Å². The highest BCUT2D eigenvalue weighted by Crippen LogP contribution is 2.38. The maximum atomic E-state index is 12.7. The number of hydrogen-bond donors (Lipinski definition) is 1. The number of nitrogens with zero attached hydrogens (tertiary/aromatic N) is 2. The van der Waals surface area contributed by atoms with Gasteiger partial charge in [0.15, 0.2) is 22.8 Å². The van der Waals surface area contributed by atoms with Gasteiger partial charge in [-0.2, -0.15) is 0 Å². The topological polar surface area (TPSA) is 88.4 Å². The van der Waals surface area contributed by atoms with Gasteiger partial charge in [0.1, 0.15) is 0 Å². The Bertz CT molecular complexity index is 988. The minimum absolute atomic E-state index is 0.204. The second-order valence-corrected chi connectivity index (χ2v) is 7.19. The molecule has 1 amide bonds. The van der Waals surface area contributed by atoms with Crippen molar-refractivity contribution >= 4 is 40.6 Å². The van der Waals surface area contributed by atoms with E-state index in [1.165, 1.54) is 30.7 Å². The number of amides is 1. The van der Waals surface area contributed by atoms with Crippen LogP contribution in [0.4, 0.5) is 5.69 Å². The van der Waals surface area contributed by atoms with Gasteiger partial charge in [-0.15, -0.1) is 0 Å². The van der Waals surface area contributed by atoms with Crippen LogP contribution in [0.3, 0.4) is 0 Å². The minimum Gasteiger partial charge on any atom is -0.493 e. The predicted octanol–water partition coefficient (Wildman–Crippen LogP) is 3.78. The number of benzene rings is 2. The first-order valence-corrected chi connectivity index (χ1v) is 9.60. The maximum Gasteiger partial charge on any atom is 0.344 e. The Morgan fingerprint density at radius 1 is 1.21 bits per heavy atom. The van der Waals surface area contributed by atoms with Crippen LogP contribution in [0.2, 0.25) is 0 Å². The number of carbonyl (C=O) groups excluding carboxylic acids is 1. The molecule has 150 valence electrons. The lowest BCUT2D eigenvalue weighted by Gasteiger charge is -2.16. The molecule has 29 heavy (non-hydrogen) atoms. The van der Waals surface area contributed by atoms with Gasteiger partial charge in [0.25, 0.3) is 5.91 Å². The molecular formula is C21H20N2O5S. The van der Waals surface area contributed by atoms with Crippen LogP contribution in [0.15, 0.2) is 58.4 Å². The summed E-state index contributed by atoms with van der Waals surface area (Å²) in [4.78, 5) is 30.3. The predicted molar refractivity (Wildman–Crippen MR) is 113 cm³/mol. The standard InChI is InChI=1S/C21H20N2O5S/c1-13(20(25)26)28-18-14(8-7-11-16(18)27-3)12-17-19(24)23(2)21(29-17)22-15-9-5-4-6-10-15/h4-13H,1-3H3,(H,25,26)/b17-12-,22-21?/t13-/m1/s1. The van der Waals surface area contributed by atoms with Crippen molar-refractivity contribution in [3.8, 4) is 11.5 Å². The number of thioether (sulfide) groups is 1. The van der Waals surface area contributed by atoms with Gasteiger partial charge in [-0.05, 0) is 43.0 Å². The molecule has 1 N–H and O–H groups in total. The zero-order chi connectivity index (χ0) is 21.0. The van der Waals surface area contributed by atoms with Gasteiger partial charge in [0, 0.05) is 12.6 Å². The third kappa shape index (κ3) is 4.60. The smallest absolute Gasteiger partial charge is 0.344 e. The summed E-state index contributed by atoms with van der Waals surface area (Å²) < 4.78 is 10.9. The largest absolute Gasteiger partial charge is 0.493 e. The molecular weight excluding hydrogens is 392 g/mol. The van der Waals surface area contributed by atoms with Crippen LogP contribution in [0.1, 0.15) is 12.5 Å². The molecule has 7 nitrogen and oxygen atoms in total. The molecule has 8 heteroatoms. The average Bonchev–Trinajstić information content (AvgIpc) is 2.97. The van der Waals surface area contributed by atoms with Gasteiger partial charge in [0.2, 0.25) is 0 Å². The van der Waals surface area contributed by atoms with Crippen molar-refractivity contribution in [1.29, 1.82) is 0 Å². The molecule has 2 aromatic rings. The fourth-order valence-electron chi connectivity index (χ4n) is 2.57. The quantitative estimate of drug-likeness (QED) is 0.727. The van der Waals surface area contributed by atoms with Crippen molar-refractivity contribution in [3.63, 3.8) is 0 Å². The Labute approximate surface area is 172 Å². The number of aliphatic imine (C=N–C) groups is 1. The number of aliphatic carboxylic acids is 1. The molecule has 2 aromatic carbocycles. The molecule has 1 fully saturated rings. The number of methoxy groups -OCH3 is 1. The number of hydrogen-bond acceptors (Lipinski definition) is 6. The van der Waals surface area contributed by atoms with Crippen molar-refractivity contribution in [1.82, 2.24) is 4.90 Å². The van der Waals surface area contributed by atoms with E-state index in [1.54, 1.807) is 31.3 Å². The number of carbonyl (C=O) groups is 2. The van der Waals surface area contributed by atoms with Crippen molar-refractivity contribution in [2.24, 2.45) is 4.99 Å². The number of rotatable bonds is 6. The van der Waals surface area contributed by atoms with Gasteiger partial charge in [-0.25, -0.2) is 9.79 Å². The van der Waals surface area contributed by atoms with Crippen LogP contribution in [0, 0.1) is 0 Å². The minimum atomic E-state index is -1.10. The Kier molecular flexibility index (Phi) is 6.23. The first kappa shape index (κ1) is 20.5. The zero-order valence-electron chi connectivity index (χ0n) is 16.2. The molecule has 1 aliphatic heterocycles. The lowest BCUT2D eigenvalue weighted by atomic mass is 10.1. The van der Waals surface area contributed by atoms with Gasteiger partial charge in [0.05, 0.1) is 17.7 Å². The van der Waals surface area contributed by atoms with E-state index in [0.29, 0.717) is 21.4 Å². The number of likely N-dealkylation sites (N-methyl/N-ethyl adjacent to an activating group) is 1. The van der Waals surface area contributed by atoms with E-state index in [1.807, 2.05) is 30.3 Å². The summed E-state index contributed by atoms with van der Waals surface area (Å²) in [5, 5.41) is 9.72. The van der Waals surface area contributed by atoms with E-state index in [-0.39, 0.29) is 11.7 Å². The fraction of sp³-hybridized carbons (Fsp3) is 0.190. The molecule has 0 spiro atoms. The molecule has 1 aliphatic rings.